The van der Waals surface area contributed by atoms with Crippen molar-refractivity contribution in [1.82, 2.24) is 5.32 Å². The molecule has 8 heteroatoms. The smallest absolute Gasteiger partial charge is 0.272 e. The highest BCUT2D eigenvalue weighted by Crippen LogP contribution is 2.26. The van der Waals surface area contributed by atoms with Gasteiger partial charge in [0.1, 0.15) is 11.4 Å². The lowest BCUT2D eigenvalue weighted by Gasteiger charge is -2.13. The Kier molecular flexibility index (Phi) is 10.1. The lowest BCUT2D eigenvalue weighted by atomic mass is 10.1. The molecule has 0 heterocycles. The van der Waals surface area contributed by atoms with Crippen molar-refractivity contribution in [2.45, 2.75) is 11.8 Å². The molecule has 5 rings (SSSR count). The summed E-state index contributed by atoms with van der Waals surface area (Å²) < 4.78 is 5.72. The number of carbonyl (C=O) groups excluding carboxylic acids is 3. The van der Waals surface area contributed by atoms with Crippen LogP contribution in [0.25, 0.3) is 16.8 Å². The number of anilines is 2. The largest absolute Gasteiger partial charge is 0.493 e. The number of hydrogen-bond acceptors (Lipinski definition) is 5. The Morgan fingerprint density at radius 2 is 1.50 bits per heavy atom. The third kappa shape index (κ3) is 7.93. The van der Waals surface area contributed by atoms with Gasteiger partial charge in [0.2, 0.25) is 5.91 Å². The third-order valence-corrected chi connectivity index (χ3v) is 7.57. The number of para-hydroxylation sites is 1. The molecule has 0 saturated carbocycles. The first kappa shape index (κ1) is 30.1. The van der Waals surface area contributed by atoms with Crippen molar-refractivity contribution in [2.75, 3.05) is 23.0 Å². The van der Waals surface area contributed by atoms with E-state index in [1.807, 2.05) is 79.7 Å². The summed E-state index contributed by atoms with van der Waals surface area (Å²) in [6.07, 6.45) is 1.59. The third-order valence-electron chi connectivity index (χ3n) is 6.57. The molecule has 0 aliphatic rings. The molecule has 0 atom stereocenters. The summed E-state index contributed by atoms with van der Waals surface area (Å²) in [6.45, 7) is 2.33. The molecular weight excluding hydrogens is 570 g/mol. The minimum atomic E-state index is -0.503. The highest BCUT2D eigenvalue weighted by Gasteiger charge is 2.16. The van der Waals surface area contributed by atoms with Gasteiger partial charge in [0.25, 0.3) is 11.8 Å². The van der Waals surface area contributed by atoms with Crippen molar-refractivity contribution in [2.24, 2.45) is 0 Å². The number of ether oxygens (including phenoxy) is 1. The molecule has 5 aromatic carbocycles. The fraction of sp³-hybridized carbons (Fsp3) is 0.0833. The van der Waals surface area contributed by atoms with E-state index in [0.717, 1.165) is 21.4 Å². The van der Waals surface area contributed by atoms with Gasteiger partial charge in [-0.3, -0.25) is 14.4 Å². The van der Waals surface area contributed by atoms with Crippen LogP contribution >= 0.6 is 11.8 Å². The predicted molar refractivity (Wildman–Crippen MR) is 178 cm³/mol. The maximum atomic E-state index is 13.5. The summed E-state index contributed by atoms with van der Waals surface area (Å²) in [5, 5.41) is 10.7. The van der Waals surface area contributed by atoms with Crippen LogP contribution in [0, 0.1) is 0 Å². The lowest BCUT2D eigenvalue weighted by Crippen LogP contribution is -2.30. The molecule has 0 aromatic heterocycles. The maximum absolute atomic E-state index is 13.5. The minimum absolute atomic E-state index is 0.0542. The second-order valence-electron chi connectivity index (χ2n) is 9.69. The summed E-state index contributed by atoms with van der Waals surface area (Å²) in [6, 6.07) is 36.9. The number of rotatable bonds is 11. The average molecular weight is 602 g/mol. The Labute approximate surface area is 260 Å². The van der Waals surface area contributed by atoms with Gasteiger partial charge in [-0.25, -0.2) is 0 Å². The van der Waals surface area contributed by atoms with Gasteiger partial charge < -0.3 is 20.7 Å². The van der Waals surface area contributed by atoms with E-state index in [4.69, 9.17) is 4.74 Å². The summed E-state index contributed by atoms with van der Waals surface area (Å²) >= 11 is 1.36. The first-order chi connectivity index (χ1) is 21.5. The summed E-state index contributed by atoms with van der Waals surface area (Å²) in [5.74, 6) is -0.275. The minimum Gasteiger partial charge on any atom is -0.493 e. The van der Waals surface area contributed by atoms with Crippen molar-refractivity contribution in [3.8, 4) is 5.75 Å². The van der Waals surface area contributed by atoms with Gasteiger partial charge in [0.05, 0.1) is 12.4 Å². The SMILES string of the molecule is CCOc1ccccc1/C=C(/NC(=O)c1ccccc1)C(=O)Nc1cccc(SCC(=O)Nc2cccc3ccccc23)c1. The number of hydrogen-bond donors (Lipinski definition) is 3. The summed E-state index contributed by atoms with van der Waals surface area (Å²) in [5.41, 5.74) is 2.40. The van der Waals surface area contributed by atoms with Crippen LogP contribution in [0.15, 0.2) is 132 Å². The summed E-state index contributed by atoms with van der Waals surface area (Å²) in [7, 11) is 0. The zero-order valence-corrected chi connectivity index (χ0v) is 24.9. The molecule has 220 valence electrons. The molecule has 0 radical (unpaired) electrons. The normalized spacial score (nSPS) is 11.1. The van der Waals surface area contributed by atoms with E-state index >= 15 is 0 Å². The first-order valence-corrected chi connectivity index (χ1v) is 15.1. The molecular formula is C36H31N3O4S. The zero-order chi connectivity index (χ0) is 30.7. The molecule has 0 saturated heterocycles. The number of benzene rings is 5. The van der Waals surface area contributed by atoms with E-state index in [-0.39, 0.29) is 17.4 Å². The molecule has 0 aliphatic heterocycles. The summed E-state index contributed by atoms with van der Waals surface area (Å²) in [4.78, 5) is 40.1. The van der Waals surface area contributed by atoms with E-state index in [1.165, 1.54) is 11.8 Å². The lowest BCUT2D eigenvalue weighted by molar-refractivity contribution is -0.114. The van der Waals surface area contributed by atoms with Crippen LogP contribution in [-0.4, -0.2) is 30.1 Å². The van der Waals surface area contributed by atoms with Crippen molar-refractivity contribution < 1.29 is 19.1 Å². The molecule has 3 N–H and O–H groups in total. The van der Waals surface area contributed by atoms with Crippen LogP contribution < -0.4 is 20.7 Å². The first-order valence-electron chi connectivity index (χ1n) is 14.1. The monoisotopic (exact) mass is 601 g/mol. The second-order valence-corrected chi connectivity index (χ2v) is 10.7. The topological polar surface area (TPSA) is 96.5 Å². The van der Waals surface area contributed by atoms with Crippen molar-refractivity contribution >= 4 is 57.7 Å². The quantitative estimate of drug-likeness (QED) is 0.108. The van der Waals surface area contributed by atoms with Crippen LogP contribution in [0.2, 0.25) is 0 Å². The number of nitrogens with one attached hydrogen (secondary N) is 3. The Morgan fingerprint density at radius 1 is 0.773 bits per heavy atom. The average Bonchev–Trinajstić information content (AvgIpc) is 3.05. The Morgan fingerprint density at radius 3 is 2.34 bits per heavy atom. The van der Waals surface area contributed by atoms with Crippen LogP contribution in [0.1, 0.15) is 22.8 Å². The molecule has 44 heavy (non-hydrogen) atoms. The predicted octanol–water partition coefficient (Wildman–Crippen LogP) is 7.38. The number of fused-ring (bicyclic) bond motifs is 1. The van der Waals surface area contributed by atoms with Crippen molar-refractivity contribution in [3.05, 3.63) is 138 Å². The number of thioether (sulfide) groups is 1. The fourth-order valence-electron chi connectivity index (χ4n) is 4.52. The Hall–Kier alpha value is -5.34. The van der Waals surface area contributed by atoms with Gasteiger partial charge in [-0.1, -0.05) is 78.9 Å². The molecule has 0 unspecified atom stereocenters. The van der Waals surface area contributed by atoms with Crippen LogP contribution in [0.4, 0.5) is 11.4 Å². The van der Waals surface area contributed by atoms with Gasteiger partial charge in [-0.2, -0.15) is 0 Å². The molecule has 7 nitrogen and oxygen atoms in total. The van der Waals surface area contributed by atoms with E-state index in [9.17, 15) is 14.4 Å². The second kappa shape index (κ2) is 14.7. The highest BCUT2D eigenvalue weighted by molar-refractivity contribution is 8.00. The molecule has 0 aliphatic carbocycles. The zero-order valence-electron chi connectivity index (χ0n) is 24.1. The van der Waals surface area contributed by atoms with Crippen molar-refractivity contribution in [1.29, 1.82) is 0 Å². The maximum Gasteiger partial charge on any atom is 0.272 e. The Balaban J connectivity index is 1.29. The van der Waals surface area contributed by atoms with E-state index in [0.29, 0.717) is 29.2 Å². The number of carbonyl (C=O) groups is 3. The van der Waals surface area contributed by atoms with Crippen LogP contribution in [0.5, 0.6) is 5.75 Å². The Bertz CT molecular complexity index is 1820. The molecule has 0 fully saturated rings. The van der Waals surface area contributed by atoms with E-state index in [2.05, 4.69) is 16.0 Å². The van der Waals surface area contributed by atoms with Crippen LogP contribution in [0.3, 0.4) is 0 Å². The van der Waals surface area contributed by atoms with Gasteiger partial charge in [-0.15, -0.1) is 11.8 Å². The van der Waals surface area contributed by atoms with Gasteiger partial charge in [0, 0.05) is 32.8 Å². The molecule has 0 spiro atoms. The van der Waals surface area contributed by atoms with E-state index < -0.39 is 11.8 Å². The van der Waals surface area contributed by atoms with Crippen LogP contribution in [-0.2, 0) is 9.59 Å². The number of amides is 3. The molecule has 5 aromatic rings. The van der Waals surface area contributed by atoms with Gasteiger partial charge >= 0.3 is 0 Å². The highest BCUT2D eigenvalue weighted by atomic mass is 32.2. The van der Waals surface area contributed by atoms with Gasteiger partial charge in [0.15, 0.2) is 0 Å². The fourth-order valence-corrected chi connectivity index (χ4v) is 5.27. The van der Waals surface area contributed by atoms with Crippen molar-refractivity contribution in [3.63, 3.8) is 0 Å². The standard InChI is InChI=1S/C36H31N3O4S/c1-2-43-33-21-9-7-15-27(33)22-32(39-35(41)26-13-4-3-5-14-26)36(42)37-28-17-11-18-29(23-28)44-24-34(40)38-31-20-10-16-25-12-6-8-19-30(25)31/h3-23H,2,24H2,1H3,(H,37,42)(H,38,40)(H,39,41)/b32-22+. The van der Waals surface area contributed by atoms with E-state index in [1.54, 1.807) is 54.6 Å². The molecule has 0 bridgehead atoms. The van der Waals surface area contributed by atoms with Gasteiger partial charge in [-0.05, 0) is 60.9 Å². The molecule has 3 amide bonds.